The molecule has 0 radical (unpaired) electrons. The van der Waals surface area contributed by atoms with Gasteiger partial charge in [-0.15, -0.1) is 0 Å². The first-order valence-electron chi connectivity index (χ1n) is 5.99. The van der Waals surface area contributed by atoms with Crippen LogP contribution in [0.1, 0.15) is 31.7 Å². The molecular weight excluding hydrogens is 283 g/mol. The summed E-state index contributed by atoms with van der Waals surface area (Å²) < 4.78 is 19.1. The minimum Gasteiger partial charge on any atom is -0.494 e. The third kappa shape index (κ3) is 2.82. The number of alkyl halides is 1. The highest BCUT2D eigenvalue weighted by Crippen LogP contribution is 2.44. The zero-order valence-electron chi connectivity index (χ0n) is 10.3. The molecule has 0 heterocycles. The second-order valence-electron chi connectivity index (χ2n) is 5.26. The van der Waals surface area contributed by atoms with Gasteiger partial charge in [0.05, 0.1) is 7.11 Å². The fourth-order valence-electron chi connectivity index (χ4n) is 2.71. The Morgan fingerprint density at radius 3 is 2.88 bits per heavy atom. The van der Waals surface area contributed by atoms with Crippen LogP contribution in [0.3, 0.4) is 0 Å². The molecule has 1 saturated carbocycles. The molecule has 1 aromatic rings. The fraction of sp³-hybridized carbons (Fsp3) is 0.571. The zero-order valence-corrected chi connectivity index (χ0v) is 11.9. The molecule has 1 aliphatic carbocycles. The van der Waals surface area contributed by atoms with E-state index in [0.717, 1.165) is 24.8 Å². The molecule has 0 bridgehead atoms. The van der Waals surface area contributed by atoms with Crippen molar-refractivity contribution in [2.75, 3.05) is 7.11 Å². The zero-order chi connectivity index (χ0) is 12.5. The molecule has 1 aliphatic rings. The molecule has 2 atom stereocenters. The summed E-state index contributed by atoms with van der Waals surface area (Å²) in [6, 6.07) is 5.40. The van der Waals surface area contributed by atoms with Gasteiger partial charge in [-0.3, -0.25) is 0 Å². The van der Waals surface area contributed by atoms with E-state index in [1.807, 2.05) is 12.1 Å². The van der Waals surface area contributed by atoms with Gasteiger partial charge in [-0.2, -0.15) is 0 Å². The van der Waals surface area contributed by atoms with Gasteiger partial charge in [0.2, 0.25) is 0 Å². The largest absolute Gasteiger partial charge is 0.494 e. The van der Waals surface area contributed by atoms with Gasteiger partial charge in [0.1, 0.15) is 0 Å². The quantitative estimate of drug-likeness (QED) is 0.755. The molecule has 3 heteroatoms. The fourth-order valence-corrected chi connectivity index (χ4v) is 3.73. The monoisotopic (exact) mass is 300 g/mol. The van der Waals surface area contributed by atoms with Gasteiger partial charge in [-0.05, 0) is 42.7 Å². The molecule has 0 aliphatic heterocycles. The highest BCUT2D eigenvalue weighted by atomic mass is 79.9. The number of ether oxygens (including phenoxy) is 1. The first-order chi connectivity index (χ1) is 8.04. The summed E-state index contributed by atoms with van der Waals surface area (Å²) in [5.74, 6) is 0.147. The van der Waals surface area contributed by atoms with E-state index in [9.17, 15) is 4.39 Å². The molecule has 17 heavy (non-hydrogen) atoms. The van der Waals surface area contributed by atoms with Crippen LogP contribution in [0.15, 0.2) is 18.2 Å². The Bertz CT molecular complexity index is 407. The molecule has 0 spiro atoms. The molecular formula is C14H18BrFO. The summed E-state index contributed by atoms with van der Waals surface area (Å²) in [7, 11) is 1.51. The molecule has 0 N–H and O–H groups in total. The van der Waals surface area contributed by atoms with E-state index in [1.165, 1.54) is 13.5 Å². The summed E-state index contributed by atoms with van der Waals surface area (Å²) in [5, 5.41) is 0. The van der Waals surface area contributed by atoms with Crippen molar-refractivity contribution in [3.63, 3.8) is 0 Å². The van der Waals surface area contributed by atoms with Gasteiger partial charge >= 0.3 is 0 Å². The van der Waals surface area contributed by atoms with Crippen molar-refractivity contribution in [1.82, 2.24) is 0 Å². The van der Waals surface area contributed by atoms with E-state index in [-0.39, 0.29) is 11.2 Å². The van der Waals surface area contributed by atoms with Gasteiger partial charge in [0, 0.05) is 4.83 Å². The van der Waals surface area contributed by atoms with Crippen LogP contribution < -0.4 is 4.74 Å². The normalized spacial score (nSPS) is 28.4. The van der Waals surface area contributed by atoms with Crippen molar-refractivity contribution in [1.29, 1.82) is 0 Å². The van der Waals surface area contributed by atoms with E-state index in [0.29, 0.717) is 10.6 Å². The second kappa shape index (κ2) is 4.97. The molecule has 0 saturated heterocycles. The van der Waals surface area contributed by atoms with Crippen molar-refractivity contribution in [3.8, 4) is 5.75 Å². The number of hydrogen-bond acceptors (Lipinski definition) is 1. The highest BCUT2D eigenvalue weighted by molar-refractivity contribution is 9.09. The minimum absolute atomic E-state index is 0.200. The predicted octanol–water partition coefficient (Wildman–Crippen LogP) is 4.33. The number of methoxy groups -OCH3 is 1. The molecule has 1 nitrogen and oxygen atoms in total. The molecule has 0 amide bonds. The Balaban J connectivity index is 2.19. The van der Waals surface area contributed by atoms with Crippen LogP contribution in [-0.2, 0) is 6.42 Å². The van der Waals surface area contributed by atoms with Crippen LogP contribution in [0.4, 0.5) is 4.39 Å². The number of halogens is 2. The lowest BCUT2D eigenvalue weighted by Crippen LogP contribution is -2.16. The standard InChI is InChI=1S/C14H18BrFO/c1-14(7-6-11(15)9-14)8-10-4-3-5-12(17-2)13(10)16/h3-5,11H,6-9H2,1-2H3. The van der Waals surface area contributed by atoms with Crippen molar-refractivity contribution < 1.29 is 9.13 Å². The summed E-state index contributed by atoms with van der Waals surface area (Å²) >= 11 is 3.66. The van der Waals surface area contributed by atoms with Gasteiger partial charge < -0.3 is 4.74 Å². The number of rotatable bonds is 3. The summed E-state index contributed by atoms with van der Waals surface area (Å²) in [4.78, 5) is 0.584. The van der Waals surface area contributed by atoms with Crippen LogP contribution in [-0.4, -0.2) is 11.9 Å². The maximum Gasteiger partial charge on any atom is 0.168 e. The SMILES string of the molecule is COc1cccc(CC2(C)CCC(Br)C2)c1F. The Morgan fingerprint density at radius 1 is 1.53 bits per heavy atom. The van der Waals surface area contributed by atoms with E-state index in [4.69, 9.17) is 4.74 Å². The smallest absolute Gasteiger partial charge is 0.168 e. The van der Waals surface area contributed by atoms with Crippen LogP contribution in [0.5, 0.6) is 5.75 Å². The predicted molar refractivity (Wildman–Crippen MR) is 71.3 cm³/mol. The summed E-state index contributed by atoms with van der Waals surface area (Å²) in [6.45, 7) is 2.24. The second-order valence-corrected chi connectivity index (χ2v) is 6.56. The molecule has 2 rings (SSSR count). The van der Waals surface area contributed by atoms with Crippen molar-refractivity contribution in [2.24, 2.45) is 5.41 Å². The lowest BCUT2D eigenvalue weighted by Gasteiger charge is -2.24. The van der Waals surface area contributed by atoms with E-state index < -0.39 is 0 Å². The third-order valence-electron chi connectivity index (χ3n) is 3.66. The first-order valence-corrected chi connectivity index (χ1v) is 6.91. The van der Waals surface area contributed by atoms with Gasteiger partial charge in [0.15, 0.2) is 11.6 Å². The summed E-state index contributed by atoms with van der Waals surface area (Å²) in [5.41, 5.74) is 0.981. The maximum absolute atomic E-state index is 14.1. The molecule has 0 aromatic heterocycles. The van der Waals surface area contributed by atoms with Gasteiger partial charge in [-0.1, -0.05) is 35.0 Å². The summed E-state index contributed by atoms with van der Waals surface area (Å²) in [6.07, 6.45) is 4.24. The third-order valence-corrected chi connectivity index (χ3v) is 4.44. The van der Waals surface area contributed by atoms with Gasteiger partial charge in [0.25, 0.3) is 0 Å². The van der Waals surface area contributed by atoms with Crippen LogP contribution >= 0.6 is 15.9 Å². The van der Waals surface area contributed by atoms with E-state index >= 15 is 0 Å². The Labute approximate surface area is 110 Å². The van der Waals surface area contributed by atoms with Crippen LogP contribution in [0.2, 0.25) is 0 Å². The first kappa shape index (κ1) is 12.9. The van der Waals surface area contributed by atoms with Crippen molar-refractivity contribution in [3.05, 3.63) is 29.6 Å². The molecule has 2 unspecified atom stereocenters. The molecule has 1 aromatic carbocycles. The lowest BCUT2D eigenvalue weighted by atomic mass is 9.82. The maximum atomic E-state index is 14.1. The lowest BCUT2D eigenvalue weighted by molar-refractivity contribution is 0.325. The Kier molecular flexibility index (Phi) is 3.76. The average Bonchev–Trinajstić information content (AvgIpc) is 2.62. The molecule has 1 fully saturated rings. The van der Waals surface area contributed by atoms with Gasteiger partial charge in [-0.25, -0.2) is 4.39 Å². The molecule has 94 valence electrons. The van der Waals surface area contributed by atoms with Crippen LogP contribution in [0, 0.1) is 11.2 Å². The van der Waals surface area contributed by atoms with Crippen molar-refractivity contribution >= 4 is 15.9 Å². The highest BCUT2D eigenvalue weighted by Gasteiger charge is 2.34. The topological polar surface area (TPSA) is 9.23 Å². The Morgan fingerprint density at radius 2 is 2.29 bits per heavy atom. The minimum atomic E-state index is -0.200. The van der Waals surface area contributed by atoms with Crippen molar-refractivity contribution in [2.45, 2.75) is 37.4 Å². The Hall–Kier alpha value is -0.570. The van der Waals surface area contributed by atoms with Crippen LogP contribution in [0.25, 0.3) is 0 Å². The van der Waals surface area contributed by atoms with E-state index in [1.54, 1.807) is 6.07 Å². The van der Waals surface area contributed by atoms with E-state index in [2.05, 4.69) is 22.9 Å². The number of benzene rings is 1. The average molecular weight is 301 g/mol. The number of hydrogen-bond donors (Lipinski definition) is 0.